The van der Waals surface area contributed by atoms with E-state index < -0.39 is 5.97 Å². The highest BCUT2D eigenvalue weighted by Gasteiger charge is 2.19. The number of carboxylic acids is 1. The van der Waals surface area contributed by atoms with Gasteiger partial charge in [0, 0.05) is 19.3 Å². The standard InChI is InChI=1S/C15H19N3O2/c1-10-5-7-17(8-6-10)12-3-4-13-16-11(2)14(15(19)20)18(13)9-12/h3-4,9-10H,5-8H2,1-2H3,(H,19,20). The fourth-order valence-corrected chi connectivity index (χ4v) is 2.86. The number of hydrogen-bond acceptors (Lipinski definition) is 3. The van der Waals surface area contributed by atoms with Gasteiger partial charge in [-0.3, -0.25) is 4.40 Å². The van der Waals surface area contributed by atoms with Crippen LogP contribution < -0.4 is 4.90 Å². The first-order chi connectivity index (χ1) is 9.56. The summed E-state index contributed by atoms with van der Waals surface area (Å²) in [4.78, 5) is 18.0. The average Bonchev–Trinajstić information content (AvgIpc) is 2.74. The maximum atomic E-state index is 11.4. The van der Waals surface area contributed by atoms with Crippen molar-refractivity contribution in [3.8, 4) is 0 Å². The van der Waals surface area contributed by atoms with Crippen LogP contribution in [0.25, 0.3) is 5.65 Å². The second kappa shape index (κ2) is 4.81. The van der Waals surface area contributed by atoms with Crippen LogP contribution in [0.2, 0.25) is 0 Å². The molecule has 20 heavy (non-hydrogen) atoms. The Morgan fingerprint density at radius 1 is 1.35 bits per heavy atom. The molecule has 0 spiro atoms. The van der Waals surface area contributed by atoms with Gasteiger partial charge >= 0.3 is 5.97 Å². The number of rotatable bonds is 2. The fraction of sp³-hybridized carbons (Fsp3) is 0.467. The molecule has 2 aromatic rings. The van der Waals surface area contributed by atoms with Gasteiger partial charge in [0.15, 0.2) is 5.69 Å². The highest BCUT2D eigenvalue weighted by atomic mass is 16.4. The van der Waals surface area contributed by atoms with Crippen molar-refractivity contribution in [3.05, 3.63) is 29.7 Å². The molecular formula is C15H19N3O2. The van der Waals surface area contributed by atoms with Crippen molar-refractivity contribution >= 4 is 17.3 Å². The van der Waals surface area contributed by atoms with Gasteiger partial charge < -0.3 is 10.0 Å². The summed E-state index contributed by atoms with van der Waals surface area (Å²) < 4.78 is 1.69. The van der Waals surface area contributed by atoms with Gasteiger partial charge in [-0.05, 0) is 37.8 Å². The highest BCUT2D eigenvalue weighted by molar-refractivity contribution is 5.88. The highest BCUT2D eigenvalue weighted by Crippen LogP contribution is 2.24. The zero-order valence-electron chi connectivity index (χ0n) is 11.8. The van der Waals surface area contributed by atoms with E-state index in [1.54, 1.807) is 11.3 Å². The summed E-state index contributed by atoms with van der Waals surface area (Å²) in [6.45, 7) is 6.08. The number of nitrogens with zero attached hydrogens (tertiary/aromatic N) is 3. The molecule has 0 atom stereocenters. The Morgan fingerprint density at radius 2 is 2.05 bits per heavy atom. The maximum absolute atomic E-state index is 11.4. The van der Waals surface area contributed by atoms with E-state index in [-0.39, 0.29) is 5.69 Å². The van der Waals surface area contributed by atoms with Crippen LogP contribution in [0.15, 0.2) is 18.3 Å². The average molecular weight is 273 g/mol. The van der Waals surface area contributed by atoms with Crippen LogP contribution in [0.3, 0.4) is 0 Å². The first kappa shape index (κ1) is 13.0. The minimum Gasteiger partial charge on any atom is -0.477 e. The monoisotopic (exact) mass is 273 g/mol. The third kappa shape index (κ3) is 2.13. The van der Waals surface area contributed by atoms with E-state index in [2.05, 4.69) is 16.8 Å². The van der Waals surface area contributed by atoms with Crippen molar-refractivity contribution in [1.82, 2.24) is 9.38 Å². The zero-order chi connectivity index (χ0) is 14.3. The predicted molar refractivity (Wildman–Crippen MR) is 77.5 cm³/mol. The minimum atomic E-state index is -0.931. The molecule has 2 aromatic heterocycles. The first-order valence-corrected chi connectivity index (χ1v) is 7.03. The summed E-state index contributed by atoms with van der Waals surface area (Å²) in [7, 11) is 0. The normalized spacial score (nSPS) is 16.8. The first-order valence-electron chi connectivity index (χ1n) is 7.03. The van der Waals surface area contributed by atoms with Crippen molar-refractivity contribution in [2.45, 2.75) is 26.7 Å². The Labute approximate surface area is 117 Å². The van der Waals surface area contributed by atoms with Crippen LogP contribution in [0, 0.1) is 12.8 Å². The molecule has 0 radical (unpaired) electrons. The van der Waals surface area contributed by atoms with Gasteiger partial charge in [0.05, 0.1) is 11.4 Å². The van der Waals surface area contributed by atoms with E-state index in [1.807, 2.05) is 18.3 Å². The van der Waals surface area contributed by atoms with Gasteiger partial charge in [-0.2, -0.15) is 0 Å². The number of aromatic carboxylic acids is 1. The SMILES string of the molecule is Cc1nc2ccc(N3CCC(C)CC3)cn2c1C(=O)O. The van der Waals surface area contributed by atoms with E-state index in [0.29, 0.717) is 11.3 Å². The second-order valence-corrected chi connectivity index (χ2v) is 5.64. The van der Waals surface area contributed by atoms with Gasteiger partial charge in [0.1, 0.15) is 5.65 Å². The molecule has 3 rings (SSSR count). The largest absolute Gasteiger partial charge is 0.477 e. The number of piperidine rings is 1. The number of imidazole rings is 1. The molecule has 1 fully saturated rings. The molecule has 1 aliphatic heterocycles. The molecule has 0 aliphatic carbocycles. The number of aryl methyl sites for hydroxylation is 1. The summed E-state index contributed by atoms with van der Waals surface area (Å²) in [5, 5.41) is 9.31. The Balaban J connectivity index is 2.01. The van der Waals surface area contributed by atoms with Crippen molar-refractivity contribution in [2.24, 2.45) is 5.92 Å². The molecule has 5 nitrogen and oxygen atoms in total. The maximum Gasteiger partial charge on any atom is 0.354 e. The lowest BCUT2D eigenvalue weighted by molar-refractivity contribution is 0.0688. The summed E-state index contributed by atoms with van der Waals surface area (Å²) in [5.74, 6) is -0.153. The molecule has 0 bridgehead atoms. The van der Waals surface area contributed by atoms with E-state index in [9.17, 15) is 9.90 Å². The number of pyridine rings is 1. The van der Waals surface area contributed by atoms with E-state index in [1.165, 1.54) is 12.8 Å². The van der Waals surface area contributed by atoms with Gasteiger partial charge in [-0.25, -0.2) is 9.78 Å². The Hall–Kier alpha value is -2.04. The van der Waals surface area contributed by atoms with Crippen LogP contribution in [-0.4, -0.2) is 33.6 Å². The smallest absolute Gasteiger partial charge is 0.354 e. The van der Waals surface area contributed by atoms with Gasteiger partial charge in [0.2, 0.25) is 0 Å². The summed E-state index contributed by atoms with van der Waals surface area (Å²) in [6, 6.07) is 3.93. The van der Waals surface area contributed by atoms with Crippen LogP contribution in [0.1, 0.15) is 35.9 Å². The molecule has 5 heteroatoms. The molecule has 0 amide bonds. The molecule has 1 saturated heterocycles. The Kier molecular flexibility index (Phi) is 3.12. The Bertz CT molecular complexity index is 654. The van der Waals surface area contributed by atoms with Crippen LogP contribution in [0.5, 0.6) is 0 Å². The topological polar surface area (TPSA) is 57.8 Å². The number of fused-ring (bicyclic) bond motifs is 1. The Morgan fingerprint density at radius 3 is 2.70 bits per heavy atom. The third-order valence-corrected chi connectivity index (χ3v) is 4.13. The molecule has 3 heterocycles. The predicted octanol–water partition coefficient (Wildman–Crippen LogP) is 2.58. The summed E-state index contributed by atoms with van der Waals surface area (Å²) >= 11 is 0. The number of hydrogen-bond donors (Lipinski definition) is 1. The van der Waals surface area contributed by atoms with E-state index in [4.69, 9.17) is 0 Å². The number of carbonyl (C=O) groups is 1. The van der Waals surface area contributed by atoms with Crippen LogP contribution >= 0.6 is 0 Å². The lowest BCUT2D eigenvalue weighted by Crippen LogP contribution is -2.32. The van der Waals surface area contributed by atoms with E-state index in [0.717, 1.165) is 24.7 Å². The number of anilines is 1. The quantitative estimate of drug-likeness (QED) is 0.913. The zero-order valence-corrected chi connectivity index (χ0v) is 11.8. The molecule has 0 unspecified atom stereocenters. The fourth-order valence-electron chi connectivity index (χ4n) is 2.86. The van der Waals surface area contributed by atoms with Crippen molar-refractivity contribution < 1.29 is 9.90 Å². The minimum absolute atomic E-state index is 0.257. The second-order valence-electron chi connectivity index (χ2n) is 5.64. The lowest BCUT2D eigenvalue weighted by Gasteiger charge is -2.32. The van der Waals surface area contributed by atoms with Crippen LogP contribution in [0.4, 0.5) is 5.69 Å². The molecule has 1 N–H and O–H groups in total. The molecule has 0 saturated carbocycles. The van der Waals surface area contributed by atoms with Crippen molar-refractivity contribution in [1.29, 1.82) is 0 Å². The molecule has 106 valence electrons. The van der Waals surface area contributed by atoms with Gasteiger partial charge in [-0.15, -0.1) is 0 Å². The number of aromatic nitrogens is 2. The summed E-state index contributed by atoms with van der Waals surface area (Å²) in [5.41, 5.74) is 2.58. The number of carboxylic acid groups (broad SMARTS) is 1. The van der Waals surface area contributed by atoms with Crippen molar-refractivity contribution in [2.75, 3.05) is 18.0 Å². The third-order valence-electron chi connectivity index (χ3n) is 4.13. The summed E-state index contributed by atoms with van der Waals surface area (Å²) in [6.07, 6.45) is 4.27. The molecule has 1 aliphatic rings. The van der Waals surface area contributed by atoms with Crippen molar-refractivity contribution in [3.63, 3.8) is 0 Å². The van der Waals surface area contributed by atoms with Gasteiger partial charge in [-0.1, -0.05) is 6.92 Å². The lowest BCUT2D eigenvalue weighted by atomic mass is 9.99. The van der Waals surface area contributed by atoms with Crippen LogP contribution in [-0.2, 0) is 0 Å². The molecule has 0 aromatic carbocycles. The van der Waals surface area contributed by atoms with Gasteiger partial charge in [0.25, 0.3) is 0 Å². The van der Waals surface area contributed by atoms with E-state index >= 15 is 0 Å². The molecular weight excluding hydrogens is 254 g/mol.